The summed E-state index contributed by atoms with van der Waals surface area (Å²) < 4.78 is 18.9. The molecule has 5 unspecified atom stereocenters. The summed E-state index contributed by atoms with van der Waals surface area (Å²) in [5, 5.41) is 0. The summed E-state index contributed by atoms with van der Waals surface area (Å²) in [4.78, 5) is 0. The quantitative estimate of drug-likeness (QED) is 0.754. The summed E-state index contributed by atoms with van der Waals surface area (Å²) in [5.74, 6) is 1.26. The maximum atomic E-state index is 6.38. The fourth-order valence-corrected chi connectivity index (χ4v) is 5.24. The zero-order chi connectivity index (χ0) is 14.4. The molecule has 0 aromatic rings. The average molecular weight is 282 g/mol. The van der Waals surface area contributed by atoms with E-state index in [1.54, 1.807) is 0 Å². The Morgan fingerprint density at radius 2 is 1.70 bits per heavy atom. The van der Waals surface area contributed by atoms with E-state index in [4.69, 9.17) is 14.2 Å². The lowest BCUT2D eigenvalue weighted by molar-refractivity contribution is -0.317. The molecule has 3 aliphatic rings. The van der Waals surface area contributed by atoms with Gasteiger partial charge in [-0.15, -0.1) is 0 Å². The first-order chi connectivity index (χ1) is 9.60. The Morgan fingerprint density at radius 3 is 2.30 bits per heavy atom. The smallest absolute Gasteiger partial charge is 0.273 e. The molecular formula is C17H30O3. The molecule has 3 heteroatoms. The van der Waals surface area contributed by atoms with E-state index in [-0.39, 0.29) is 11.2 Å². The van der Waals surface area contributed by atoms with Crippen molar-refractivity contribution < 1.29 is 14.2 Å². The van der Waals surface area contributed by atoms with Crippen LogP contribution in [0, 0.1) is 11.8 Å². The van der Waals surface area contributed by atoms with Crippen molar-refractivity contribution in [3.63, 3.8) is 0 Å². The van der Waals surface area contributed by atoms with Crippen molar-refractivity contribution in [3.05, 3.63) is 0 Å². The van der Waals surface area contributed by atoms with Crippen LogP contribution in [0.3, 0.4) is 0 Å². The lowest BCUT2D eigenvalue weighted by Gasteiger charge is -2.48. The number of fused-ring (bicyclic) bond motifs is 4. The Morgan fingerprint density at radius 1 is 1.00 bits per heavy atom. The first kappa shape index (κ1) is 14.8. The third-order valence-corrected chi connectivity index (χ3v) is 5.86. The molecule has 2 saturated heterocycles. The van der Waals surface area contributed by atoms with Gasteiger partial charge in [-0.3, -0.25) is 0 Å². The highest BCUT2D eigenvalue weighted by molar-refractivity contribution is 5.13. The summed E-state index contributed by atoms with van der Waals surface area (Å²) in [7, 11) is 0. The van der Waals surface area contributed by atoms with Gasteiger partial charge in [0, 0.05) is 5.92 Å². The predicted molar refractivity (Wildman–Crippen MR) is 78.3 cm³/mol. The molecule has 0 aromatic heterocycles. The van der Waals surface area contributed by atoms with Gasteiger partial charge in [-0.25, -0.2) is 0 Å². The molecule has 0 N–H and O–H groups in total. The number of rotatable bonds is 5. The minimum absolute atomic E-state index is 0.114. The van der Waals surface area contributed by atoms with E-state index >= 15 is 0 Å². The lowest BCUT2D eigenvalue weighted by atomic mass is 9.66. The Kier molecular flexibility index (Phi) is 3.89. The number of hydrogen-bond donors (Lipinski definition) is 0. The third-order valence-electron chi connectivity index (χ3n) is 5.86. The van der Waals surface area contributed by atoms with E-state index in [0.29, 0.717) is 12.0 Å². The Labute approximate surface area is 123 Å². The predicted octanol–water partition coefficient (Wildman–Crippen LogP) is 4.25. The van der Waals surface area contributed by atoms with E-state index in [9.17, 15) is 0 Å². The van der Waals surface area contributed by atoms with Gasteiger partial charge < -0.3 is 14.2 Å². The van der Waals surface area contributed by atoms with Gasteiger partial charge in [0.15, 0.2) is 0 Å². The zero-order valence-electron chi connectivity index (χ0n) is 13.5. The molecule has 1 saturated carbocycles. The summed E-state index contributed by atoms with van der Waals surface area (Å²) in [6, 6.07) is 0. The highest BCUT2D eigenvalue weighted by Gasteiger charge is 2.68. The van der Waals surface area contributed by atoms with Crippen molar-refractivity contribution in [1.29, 1.82) is 0 Å². The third kappa shape index (κ3) is 1.89. The Balaban J connectivity index is 1.99. The molecule has 3 nitrogen and oxygen atoms in total. The van der Waals surface area contributed by atoms with Gasteiger partial charge in [-0.1, -0.05) is 40.5 Å². The second-order valence-electron chi connectivity index (χ2n) is 7.12. The summed E-state index contributed by atoms with van der Waals surface area (Å²) >= 11 is 0. The van der Waals surface area contributed by atoms with Gasteiger partial charge in [0.1, 0.15) is 11.2 Å². The van der Waals surface area contributed by atoms with Crippen LogP contribution in [-0.2, 0) is 14.2 Å². The van der Waals surface area contributed by atoms with E-state index in [2.05, 4.69) is 27.7 Å². The van der Waals surface area contributed by atoms with E-state index in [0.717, 1.165) is 38.0 Å². The van der Waals surface area contributed by atoms with E-state index < -0.39 is 6.48 Å². The van der Waals surface area contributed by atoms with Gasteiger partial charge in [-0.2, -0.15) is 0 Å². The van der Waals surface area contributed by atoms with Gasteiger partial charge >= 0.3 is 0 Å². The molecule has 0 radical (unpaired) electrons. The van der Waals surface area contributed by atoms with Crippen LogP contribution in [-0.4, -0.2) is 23.8 Å². The van der Waals surface area contributed by atoms with Crippen LogP contribution in [0.1, 0.15) is 72.6 Å². The van der Waals surface area contributed by atoms with E-state index in [1.165, 1.54) is 12.8 Å². The van der Waals surface area contributed by atoms with Crippen molar-refractivity contribution in [2.45, 2.75) is 96.4 Å². The molecule has 0 spiro atoms. The molecule has 0 aromatic carbocycles. The average Bonchev–Trinajstić information content (AvgIpc) is 2.89. The molecule has 116 valence electrons. The number of ether oxygens (including phenoxy) is 3. The van der Waals surface area contributed by atoms with Crippen molar-refractivity contribution in [1.82, 2.24) is 0 Å². The first-order valence-corrected chi connectivity index (χ1v) is 8.62. The number of hydrogen-bond acceptors (Lipinski definition) is 3. The second kappa shape index (κ2) is 5.26. The fraction of sp³-hybridized carbons (Fsp3) is 1.00. The van der Waals surface area contributed by atoms with Crippen LogP contribution < -0.4 is 0 Å². The van der Waals surface area contributed by atoms with Gasteiger partial charge in [-0.05, 0) is 38.0 Å². The minimum Gasteiger partial charge on any atom is -0.326 e. The second-order valence-corrected chi connectivity index (χ2v) is 7.12. The van der Waals surface area contributed by atoms with E-state index in [1.807, 2.05) is 0 Å². The fourth-order valence-electron chi connectivity index (χ4n) is 5.24. The van der Waals surface area contributed by atoms with Crippen molar-refractivity contribution in [3.8, 4) is 0 Å². The molecule has 1 aliphatic carbocycles. The first-order valence-electron chi connectivity index (χ1n) is 8.62. The highest BCUT2D eigenvalue weighted by Crippen LogP contribution is 2.59. The summed E-state index contributed by atoms with van der Waals surface area (Å²) in [6.07, 6.45) is 8.25. The maximum Gasteiger partial charge on any atom is 0.273 e. The summed E-state index contributed by atoms with van der Waals surface area (Å²) in [6.45, 7) is 8.71. The molecule has 20 heavy (non-hydrogen) atoms. The molecule has 3 rings (SSSR count). The largest absolute Gasteiger partial charge is 0.326 e. The summed E-state index contributed by atoms with van der Waals surface area (Å²) in [5.41, 5.74) is -0.239. The van der Waals surface area contributed by atoms with Gasteiger partial charge in [0.2, 0.25) is 0 Å². The monoisotopic (exact) mass is 282 g/mol. The molecule has 2 aliphatic heterocycles. The Bertz CT molecular complexity index is 350. The standard InChI is InChI=1S/C17H30O3/c1-5-8-16(9-6-2)17(7-3)13-10-12(4)11-14(13)18-15(19-16)20-17/h12-15H,5-11H2,1-4H3. The van der Waals surface area contributed by atoms with Crippen molar-refractivity contribution in [2.75, 3.05) is 0 Å². The molecular weight excluding hydrogens is 252 g/mol. The molecule has 3 fully saturated rings. The molecule has 0 amide bonds. The lowest BCUT2D eigenvalue weighted by Crippen LogP contribution is -2.59. The van der Waals surface area contributed by atoms with Crippen LogP contribution in [0.4, 0.5) is 0 Å². The van der Waals surface area contributed by atoms with Crippen LogP contribution in [0.15, 0.2) is 0 Å². The normalized spacial score (nSPS) is 45.6. The molecule has 2 bridgehead atoms. The van der Waals surface area contributed by atoms with Crippen LogP contribution in [0.25, 0.3) is 0 Å². The van der Waals surface area contributed by atoms with Gasteiger partial charge in [0.05, 0.1) is 6.10 Å². The maximum absolute atomic E-state index is 6.38. The van der Waals surface area contributed by atoms with Gasteiger partial charge in [0.25, 0.3) is 6.48 Å². The molecule has 5 atom stereocenters. The van der Waals surface area contributed by atoms with Crippen LogP contribution in [0.5, 0.6) is 0 Å². The zero-order valence-corrected chi connectivity index (χ0v) is 13.5. The SMILES string of the molecule is CCCC1(CCC)OC2OC3CC(C)CC3C1(CC)O2. The highest BCUT2D eigenvalue weighted by atomic mass is 16.9. The topological polar surface area (TPSA) is 27.7 Å². The van der Waals surface area contributed by atoms with Crippen LogP contribution in [0.2, 0.25) is 0 Å². The Hall–Kier alpha value is -0.120. The molecule has 2 heterocycles. The minimum atomic E-state index is -0.417. The van der Waals surface area contributed by atoms with Crippen molar-refractivity contribution >= 4 is 0 Å². The van der Waals surface area contributed by atoms with Crippen LogP contribution >= 0.6 is 0 Å². The van der Waals surface area contributed by atoms with Crippen molar-refractivity contribution in [2.24, 2.45) is 11.8 Å².